The molecule has 4 nitrogen and oxygen atoms in total. The van der Waals surface area contributed by atoms with E-state index >= 15 is 0 Å². The molecule has 0 aliphatic carbocycles. The molecule has 0 bridgehead atoms. The van der Waals surface area contributed by atoms with Crippen molar-refractivity contribution in [2.75, 3.05) is 23.8 Å². The quantitative estimate of drug-likeness (QED) is 0.800. The molecule has 96 valence electrons. The van der Waals surface area contributed by atoms with E-state index in [1.54, 1.807) is 25.1 Å². The van der Waals surface area contributed by atoms with Crippen LogP contribution in [0.4, 0.5) is 5.69 Å². The zero-order chi connectivity index (χ0) is 13.1. The summed E-state index contributed by atoms with van der Waals surface area (Å²) in [6.45, 7) is 1.97. The predicted octanol–water partition coefficient (Wildman–Crippen LogP) is 2.34. The molecule has 6 heteroatoms. The Morgan fingerprint density at radius 1 is 1.56 bits per heavy atom. The van der Waals surface area contributed by atoms with Crippen molar-refractivity contribution in [1.29, 1.82) is 0 Å². The Bertz CT molecular complexity index is 492. The summed E-state index contributed by atoms with van der Waals surface area (Å²) in [4.78, 5) is 25.6. The second-order valence-corrected chi connectivity index (χ2v) is 5.05. The van der Waals surface area contributed by atoms with Gasteiger partial charge in [0.05, 0.1) is 28.0 Å². The number of esters is 1. The van der Waals surface area contributed by atoms with E-state index in [9.17, 15) is 9.59 Å². The number of nitrogens with zero attached hydrogens (tertiary/aromatic N) is 1. The monoisotopic (exact) mass is 285 g/mol. The van der Waals surface area contributed by atoms with Gasteiger partial charge in [-0.05, 0) is 19.1 Å². The zero-order valence-corrected chi connectivity index (χ0v) is 11.4. The summed E-state index contributed by atoms with van der Waals surface area (Å²) in [7, 11) is 0. The predicted molar refractivity (Wildman–Crippen MR) is 71.2 cm³/mol. The molecule has 0 saturated carbocycles. The first kappa shape index (κ1) is 13.2. The topological polar surface area (TPSA) is 46.6 Å². The Kier molecular flexibility index (Phi) is 4.14. The highest BCUT2D eigenvalue weighted by atomic mass is 35.5. The molecule has 1 amide bonds. The van der Waals surface area contributed by atoms with Crippen LogP contribution in [0, 0.1) is 0 Å². The summed E-state index contributed by atoms with van der Waals surface area (Å²) in [5, 5.41) is 0.596. The number of rotatable bonds is 3. The maximum absolute atomic E-state index is 11.9. The largest absolute Gasteiger partial charge is 0.465 e. The van der Waals surface area contributed by atoms with Crippen LogP contribution in [0.25, 0.3) is 0 Å². The Hall–Kier alpha value is -1.20. The number of hydrogen-bond acceptors (Lipinski definition) is 4. The summed E-state index contributed by atoms with van der Waals surface area (Å²) >= 11 is 7.47. The number of fused-ring (bicyclic) bond motifs is 1. The van der Waals surface area contributed by atoms with Crippen molar-refractivity contribution in [2.24, 2.45) is 0 Å². The van der Waals surface area contributed by atoms with Crippen LogP contribution in [0.15, 0.2) is 23.1 Å². The molecule has 0 aromatic heterocycles. The lowest BCUT2D eigenvalue weighted by molar-refractivity contribution is -0.142. The fourth-order valence-corrected chi connectivity index (χ4v) is 3.00. The molecule has 1 aromatic rings. The molecule has 0 fully saturated rings. The highest BCUT2D eigenvalue weighted by molar-refractivity contribution is 8.00. The van der Waals surface area contributed by atoms with Gasteiger partial charge in [0.15, 0.2) is 0 Å². The maximum Gasteiger partial charge on any atom is 0.326 e. The van der Waals surface area contributed by atoms with Gasteiger partial charge in [0.1, 0.15) is 6.54 Å². The standard InChI is InChI=1S/C12H12ClNO3S/c1-2-17-11(16)6-14-9-5-3-4-8(13)12(9)18-7-10(14)15/h3-5H,2,6-7H2,1H3. The number of carbonyl (C=O) groups excluding carboxylic acids is 2. The zero-order valence-electron chi connectivity index (χ0n) is 9.81. The van der Waals surface area contributed by atoms with Crippen LogP contribution >= 0.6 is 23.4 Å². The smallest absolute Gasteiger partial charge is 0.326 e. The molecule has 0 saturated heterocycles. The fourth-order valence-electron chi connectivity index (χ4n) is 1.71. The number of thioether (sulfide) groups is 1. The van der Waals surface area contributed by atoms with E-state index in [1.165, 1.54) is 16.7 Å². The third-order valence-electron chi connectivity index (χ3n) is 2.47. The maximum atomic E-state index is 11.9. The first-order valence-corrected chi connectivity index (χ1v) is 6.87. The minimum Gasteiger partial charge on any atom is -0.465 e. The van der Waals surface area contributed by atoms with Gasteiger partial charge in [-0.1, -0.05) is 17.7 Å². The van der Waals surface area contributed by atoms with Gasteiger partial charge in [0, 0.05) is 0 Å². The number of benzene rings is 1. The van der Waals surface area contributed by atoms with E-state index in [0.29, 0.717) is 17.3 Å². The van der Waals surface area contributed by atoms with Crippen molar-refractivity contribution in [2.45, 2.75) is 11.8 Å². The van der Waals surface area contributed by atoms with Crippen LogP contribution in [0.3, 0.4) is 0 Å². The van der Waals surface area contributed by atoms with Gasteiger partial charge in [-0.25, -0.2) is 0 Å². The van der Waals surface area contributed by atoms with Crippen LogP contribution in [0.5, 0.6) is 0 Å². The number of anilines is 1. The van der Waals surface area contributed by atoms with Crippen LogP contribution in [-0.4, -0.2) is 30.8 Å². The van der Waals surface area contributed by atoms with Crippen LogP contribution in [0.2, 0.25) is 5.02 Å². The van der Waals surface area contributed by atoms with Crippen molar-refractivity contribution in [1.82, 2.24) is 0 Å². The Labute approximate surface area is 114 Å². The van der Waals surface area contributed by atoms with E-state index in [0.717, 1.165) is 4.90 Å². The molecule has 2 rings (SSSR count). The molecule has 1 heterocycles. The molecule has 0 unspecified atom stereocenters. The molecule has 0 spiro atoms. The SMILES string of the molecule is CCOC(=O)CN1C(=O)CSc2c(Cl)cccc21. The fraction of sp³-hybridized carbons (Fsp3) is 0.333. The Balaban J connectivity index is 2.28. The highest BCUT2D eigenvalue weighted by Gasteiger charge is 2.28. The van der Waals surface area contributed by atoms with Crippen LogP contribution in [-0.2, 0) is 14.3 Å². The van der Waals surface area contributed by atoms with E-state index in [4.69, 9.17) is 16.3 Å². The normalized spacial score (nSPS) is 14.3. The average Bonchev–Trinajstić information content (AvgIpc) is 2.33. The second kappa shape index (κ2) is 5.63. The molecule has 1 aromatic carbocycles. The Morgan fingerprint density at radius 2 is 2.33 bits per heavy atom. The van der Waals surface area contributed by atoms with Crippen LogP contribution < -0.4 is 4.90 Å². The Morgan fingerprint density at radius 3 is 3.06 bits per heavy atom. The molecule has 18 heavy (non-hydrogen) atoms. The molecule has 1 aliphatic heterocycles. The number of halogens is 1. The van der Waals surface area contributed by atoms with Gasteiger partial charge in [-0.3, -0.25) is 14.5 Å². The van der Waals surface area contributed by atoms with E-state index in [-0.39, 0.29) is 18.2 Å². The lowest BCUT2D eigenvalue weighted by atomic mass is 10.2. The summed E-state index contributed by atoms with van der Waals surface area (Å²) in [6, 6.07) is 5.31. The van der Waals surface area contributed by atoms with E-state index in [1.807, 2.05) is 0 Å². The second-order valence-electron chi connectivity index (χ2n) is 3.66. The van der Waals surface area contributed by atoms with Crippen molar-refractivity contribution in [3.8, 4) is 0 Å². The molecule has 0 N–H and O–H groups in total. The minimum absolute atomic E-state index is 0.0689. The van der Waals surface area contributed by atoms with Crippen molar-refractivity contribution in [3.63, 3.8) is 0 Å². The summed E-state index contributed by atoms with van der Waals surface area (Å²) in [6.07, 6.45) is 0. The van der Waals surface area contributed by atoms with Gasteiger partial charge in [0.2, 0.25) is 5.91 Å². The molecular weight excluding hydrogens is 274 g/mol. The van der Waals surface area contributed by atoms with Crippen molar-refractivity contribution < 1.29 is 14.3 Å². The van der Waals surface area contributed by atoms with Gasteiger partial charge in [0.25, 0.3) is 0 Å². The summed E-state index contributed by atoms with van der Waals surface area (Å²) in [5.74, 6) is -0.234. The number of hydrogen-bond donors (Lipinski definition) is 0. The van der Waals surface area contributed by atoms with Gasteiger partial charge >= 0.3 is 5.97 Å². The third kappa shape index (κ3) is 2.62. The van der Waals surface area contributed by atoms with Crippen molar-refractivity contribution in [3.05, 3.63) is 23.2 Å². The van der Waals surface area contributed by atoms with Crippen LogP contribution in [0.1, 0.15) is 6.92 Å². The van der Waals surface area contributed by atoms with Gasteiger partial charge in [-0.15, -0.1) is 11.8 Å². The van der Waals surface area contributed by atoms with E-state index in [2.05, 4.69) is 0 Å². The number of ether oxygens (including phenoxy) is 1. The lowest BCUT2D eigenvalue weighted by Crippen LogP contribution is -2.39. The number of carbonyl (C=O) groups is 2. The third-order valence-corrected chi connectivity index (χ3v) is 4.01. The number of amides is 1. The van der Waals surface area contributed by atoms with E-state index < -0.39 is 5.97 Å². The first-order valence-electron chi connectivity index (χ1n) is 5.50. The molecule has 1 aliphatic rings. The highest BCUT2D eigenvalue weighted by Crippen LogP contribution is 2.39. The summed E-state index contributed by atoms with van der Waals surface area (Å²) in [5.41, 5.74) is 0.678. The average molecular weight is 286 g/mol. The first-order chi connectivity index (χ1) is 8.63. The van der Waals surface area contributed by atoms with Crippen molar-refractivity contribution >= 4 is 40.9 Å². The summed E-state index contributed by atoms with van der Waals surface area (Å²) < 4.78 is 4.87. The van der Waals surface area contributed by atoms with Gasteiger partial charge < -0.3 is 4.74 Å². The molecule has 0 atom stereocenters. The molecule has 0 radical (unpaired) electrons. The lowest BCUT2D eigenvalue weighted by Gasteiger charge is -2.28. The molecular formula is C12H12ClNO3S. The van der Waals surface area contributed by atoms with Gasteiger partial charge in [-0.2, -0.15) is 0 Å². The minimum atomic E-state index is -0.413.